The lowest BCUT2D eigenvalue weighted by atomic mass is 9.86. The van der Waals surface area contributed by atoms with Crippen molar-refractivity contribution in [2.24, 2.45) is 11.7 Å². The Bertz CT molecular complexity index is 936. The zero-order chi connectivity index (χ0) is 22.8. The number of nitrogens with two attached hydrogens (primary N) is 1. The molecule has 5 rings (SSSR count). The molecule has 0 aromatic carbocycles. The molecule has 33 heavy (non-hydrogen) atoms. The number of anilines is 2. The minimum atomic E-state index is -0.0471. The molecule has 0 bridgehead atoms. The minimum Gasteiger partial charge on any atom is -0.381 e. The van der Waals surface area contributed by atoms with Gasteiger partial charge in [-0.25, -0.2) is 9.97 Å². The van der Waals surface area contributed by atoms with Gasteiger partial charge in [0.2, 0.25) is 11.9 Å². The molecule has 2 unspecified atom stereocenters. The number of aromatic nitrogens is 4. The van der Waals surface area contributed by atoms with Gasteiger partial charge < -0.3 is 21.1 Å². The Balaban J connectivity index is 1.46. The Morgan fingerprint density at radius 3 is 2.67 bits per heavy atom. The summed E-state index contributed by atoms with van der Waals surface area (Å²) in [5.41, 5.74) is 7.68. The monoisotopic (exact) mass is 475 g/mol. The standard InChI is InChI=1S/C24H38ClN7O/c1-24(9-11-33-12-10-24)31-22-27-15-20-21(30-22)32(19-7-5-16(14-26)6-8-19)23(29-20)28-18-4-2-3-17(25)13-18/h15-19H,2-14,26H2,1H3,(H,28,29)(H,27,30,31). The fourth-order valence-corrected chi connectivity index (χ4v) is 6.07. The smallest absolute Gasteiger partial charge is 0.225 e. The molecule has 9 heteroatoms. The van der Waals surface area contributed by atoms with Crippen LogP contribution in [0.1, 0.15) is 77.2 Å². The molecule has 1 aliphatic heterocycles. The van der Waals surface area contributed by atoms with E-state index in [1.165, 1.54) is 0 Å². The summed E-state index contributed by atoms with van der Waals surface area (Å²) in [6.45, 7) is 4.55. The summed E-state index contributed by atoms with van der Waals surface area (Å²) in [6, 6.07) is 0.723. The fourth-order valence-electron chi connectivity index (χ4n) is 5.70. The Labute approximate surface area is 201 Å². The number of fused-ring (bicyclic) bond motifs is 1. The number of nitrogens with zero attached hydrogens (tertiary/aromatic N) is 4. The third kappa shape index (κ3) is 5.23. The van der Waals surface area contributed by atoms with Gasteiger partial charge in [0.1, 0.15) is 5.52 Å². The van der Waals surface area contributed by atoms with Gasteiger partial charge in [-0.1, -0.05) is 0 Å². The van der Waals surface area contributed by atoms with Crippen molar-refractivity contribution in [2.75, 3.05) is 30.4 Å². The van der Waals surface area contributed by atoms with Crippen molar-refractivity contribution in [3.8, 4) is 0 Å². The molecule has 2 aliphatic carbocycles. The van der Waals surface area contributed by atoms with E-state index in [1.807, 2.05) is 6.20 Å². The van der Waals surface area contributed by atoms with E-state index in [9.17, 15) is 0 Å². The van der Waals surface area contributed by atoms with Crippen LogP contribution in [0.3, 0.4) is 0 Å². The highest BCUT2D eigenvalue weighted by molar-refractivity contribution is 6.20. The molecule has 0 radical (unpaired) electrons. The zero-order valence-electron chi connectivity index (χ0n) is 19.7. The SMILES string of the molecule is CC1(Nc2ncc3nc(NC4CCCC(Cl)C4)n(C4CCC(CN)CC4)c3n2)CCOCC1. The molecule has 4 N–H and O–H groups in total. The van der Waals surface area contributed by atoms with Crippen LogP contribution in [0.25, 0.3) is 11.2 Å². The molecular weight excluding hydrogens is 438 g/mol. The van der Waals surface area contributed by atoms with Gasteiger partial charge in [-0.2, -0.15) is 4.98 Å². The number of hydrogen-bond donors (Lipinski definition) is 3. The van der Waals surface area contributed by atoms with Crippen LogP contribution in [0.4, 0.5) is 11.9 Å². The summed E-state index contributed by atoms with van der Waals surface area (Å²) in [5.74, 6) is 2.22. The van der Waals surface area contributed by atoms with Crippen molar-refractivity contribution >= 4 is 34.7 Å². The summed E-state index contributed by atoms with van der Waals surface area (Å²) in [4.78, 5) is 14.6. The van der Waals surface area contributed by atoms with Gasteiger partial charge in [-0.3, -0.25) is 4.57 Å². The average Bonchev–Trinajstić information content (AvgIpc) is 3.16. The lowest BCUT2D eigenvalue weighted by Gasteiger charge is -2.34. The van der Waals surface area contributed by atoms with Gasteiger partial charge in [0.15, 0.2) is 5.65 Å². The first-order valence-corrected chi connectivity index (χ1v) is 13.2. The first-order chi connectivity index (χ1) is 16.0. The van der Waals surface area contributed by atoms with Gasteiger partial charge >= 0.3 is 0 Å². The summed E-state index contributed by atoms with van der Waals surface area (Å²) in [5, 5.41) is 7.57. The first kappa shape index (κ1) is 23.1. The van der Waals surface area contributed by atoms with Crippen molar-refractivity contribution in [2.45, 2.75) is 94.1 Å². The van der Waals surface area contributed by atoms with Crippen LogP contribution in [0.5, 0.6) is 0 Å². The summed E-state index contributed by atoms with van der Waals surface area (Å²) >= 11 is 6.48. The number of alkyl halides is 1. The normalized spacial score (nSPS) is 30.3. The van der Waals surface area contributed by atoms with E-state index in [-0.39, 0.29) is 10.9 Å². The van der Waals surface area contributed by atoms with Crippen LogP contribution in [-0.4, -0.2) is 56.2 Å². The van der Waals surface area contributed by atoms with Gasteiger partial charge in [0.05, 0.1) is 6.20 Å². The first-order valence-electron chi connectivity index (χ1n) is 12.7. The van der Waals surface area contributed by atoms with E-state index in [4.69, 9.17) is 32.0 Å². The number of ether oxygens (including phenoxy) is 1. The predicted molar refractivity (Wildman–Crippen MR) is 133 cm³/mol. The Hall–Kier alpha value is -1.64. The molecule has 0 amide bonds. The summed E-state index contributed by atoms with van der Waals surface area (Å²) < 4.78 is 7.90. The zero-order valence-corrected chi connectivity index (χ0v) is 20.5. The molecular formula is C24H38ClN7O. The molecule has 2 aromatic rings. The van der Waals surface area contributed by atoms with E-state index >= 15 is 0 Å². The van der Waals surface area contributed by atoms with Crippen LogP contribution >= 0.6 is 11.6 Å². The van der Waals surface area contributed by atoms with Crippen molar-refractivity contribution in [1.82, 2.24) is 19.5 Å². The Morgan fingerprint density at radius 1 is 1.15 bits per heavy atom. The molecule has 3 heterocycles. The maximum atomic E-state index is 6.48. The van der Waals surface area contributed by atoms with Crippen molar-refractivity contribution in [3.05, 3.63) is 6.20 Å². The van der Waals surface area contributed by atoms with E-state index in [2.05, 4.69) is 27.1 Å². The van der Waals surface area contributed by atoms with Crippen LogP contribution in [0.15, 0.2) is 6.20 Å². The summed E-state index contributed by atoms with van der Waals surface area (Å²) in [7, 11) is 0. The van der Waals surface area contributed by atoms with E-state index in [0.717, 1.165) is 101 Å². The molecule has 3 aliphatic rings. The lowest BCUT2D eigenvalue weighted by Crippen LogP contribution is -2.41. The quantitative estimate of drug-likeness (QED) is 0.530. The Kier molecular flexibility index (Phi) is 6.95. The molecule has 182 valence electrons. The molecule has 2 atom stereocenters. The maximum absolute atomic E-state index is 6.48. The van der Waals surface area contributed by atoms with E-state index < -0.39 is 0 Å². The number of hydrogen-bond acceptors (Lipinski definition) is 7. The van der Waals surface area contributed by atoms with E-state index in [1.54, 1.807) is 0 Å². The molecule has 1 saturated heterocycles. The maximum Gasteiger partial charge on any atom is 0.225 e. The average molecular weight is 476 g/mol. The van der Waals surface area contributed by atoms with Crippen LogP contribution in [0.2, 0.25) is 0 Å². The van der Waals surface area contributed by atoms with Crippen molar-refractivity contribution in [3.63, 3.8) is 0 Å². The number of imidazole rings is 1. The van der Waals surface area contributed by atoms with Crippen molar-refractivity contribution in [1.29, 1.82) is 0 Å². The number of halogens is 1. The third-order valence-electron chi connectivity index (χ3n) is 7.90. The molecule has 0 spiro atoms. The Morgan fingerprint density at radius 2 is 1.94 bits per heavy atom. The molecule has 8 nitrogen and oxygen atoms in total. The van der Waals surface area contributed by atoms with Crippen LogP contribution in [-0.2, 0) is 4.74 Å². The number of nitrogens with one attached hydrogen (secondary N) is 2. The summed E-state index contributed by atoms with van der Waals surface area (Å²) in [6.07, 6.45) is 12.6. The highest BCUT2D eigenvalue weighted by Crippen LogP contribution is 2.37. The second-order valence-corrected chi connectivity index (χ2v) is 11.1. The lowest BCUT2D eigenvalue weighted by molar-refractivity contribution is 0.0656. The number of rotatable bonds is 6. The third-order valence-corrected chi connectivity index (χ3v) is 8.30. The van der Waals surface area contributed by atoms with Gasteiger partial charge in [-0.05, 0) is 83.6 Å². The minimum absolute atomic E-state index is 0.0471. The highest BCUT2D eigenvalue weighted by Gasteiger charge is 2.30. The van der Waals surface area contributed by atoms with Gasteiger partial charge in [-0.15, -0.1) is 11.6 Å². The topological polar surface area (TPSA) is 103 Å². The van der Waals surface area contributed by atoms with Crippen LogP contribution in [0, 0.1) is 5.92 Å². The highest BCUT2D eigenvalue weighted by atomic mass is 35.5. The predicted octanol–water partition coefficient (Wildman–Crippen LogP) is 4.46. The molecule has 3 fully saturated rings. The van der Waals surface area contributed by atoms with Gasteiger partial charge in [0.25, 0.3) is 0 Å². The molecule has 2 aromatic heterocycles. The van der Waals surface area contributed by atoms with E-state index in [0.29, 0.717) is 23.9 Å². The van der Waals surface area contributed by atoms with Gasteiger partial charge in [0, 0.05) is 36.2 Å². The second-order valence-electron chi connectivity index (χ2n) is 10.5. The molecule has 2 saturated carbocycles. The fraction of sp³-hybridized carbons (Fsp3) is 0.792. The van der Waals surface area contributed by atoms with Crippen LogP contribution < -0.4 is 16.4 Å². The van der Waals surface area contributed by atoms with Crippen molar-refractivity contribution < 1.29 is 4.74 Å². The largest absolute Gasteiger partial charge is 0.381 e. The second kappa shape index (κ2) is 9.92.